The number of fused-ring (bicyclic) bond motifs is 1. The highest BCUT2D eigenvalue weighted by Gasteiger charge is 2.10. The largest absolute Gasteiger partial charge is 0.387 e. The Morgan fingerprint density at radius 1 is 1.22 bits per heavy atom. The summed E-state index contributed by atoms with van der Waals surface area (Å²) in [4.78, 5) is 11.8. The number of carbonyl (C=O) groups excluding carboxylic acids is 1. The van der Waals surface area contributed by atoms with Crippen molar-refractivity contribution in [3.63, 3.8) is 0 Å². The number of rotatable bonds is 4. The first-order valence-corrected chi connectivity index (χ1v) is 7.33. The number of carbonyl (C=O) groups is 1. The van der Waals surface area contributed by atoms with Crippen molar-refractivity contribution >= 4 is 22.6 Å². The topological polar surface area (TPSA) is 79.2 Å². The van der Waals surface area contributed by atoms with Crippen LogP contribution in [0.4, 0.5) is 10.6 Å². The number of anilines is 1. The number of aromatic nitrogens is 2. The molecule has 23 heavy (non-hydrogen) atoms. The van der Waals surface area contributed by atoms with E-state index in [9.17, 15) is 9.90 Å². The molecule has 0 spiro atoms. The third-order valence-corrected chi connectivity index (χ3v) is 3.57. The van der Waals surface area contributed by atoms with Crippen LogP contribution in [0.15, 0.2) is 54.7 Å². The SMILES string of the molecule is Cn1ccc(NC(=O)NCC(O)c2ccc3ccccc3c2)n1. The van der Waals surface area contributed by atoms with Crippen LogP contribution in [-0.2, 0) is 7.05 Å². The first-order valence-electron chi connectivity index (χ1n) is 7.33. The summed E-state index contributed by atoms with van der Waals surface area (Å²) in [5.41, 5.74) is 0.766. The van der Waals surface area contributed by atoms with Crippen LogP contribution in [0.3, 0.4) is 0 Å². The fraction of sp³-hybridized carbons (Fsp3) is 0.176. The van der Waals surface area contributed by atoms with Gasteiger partial charge in [-0.3, -0.25) is 10.00 Å². The molecule has 1 heterocycles. The maximum Gasteiger partial charge on any atom is 0.320 e. The van der Waals surface area contributed by atoms with Crippen LogP contribution in [0.5, 0.6) is 0 Å². The molecule has 0 bridgehead atoms. The number of aliphatic hydroxyl groups is 1. The summed E-state index contributed by atoms with van der Waals surface area (Å²) in [5, 5.41) is 21.7. The Labute approximate surface area is 133 Å². The summed E-state index contributed by atoms with van der Waals surface area (Å²) in [6.07, 6.45) is 0.966. The van der Waals surface area contributed by atoms with Gasteiger partial charge in [-0.15, -0.1) is 0 Å². The van der Waals surface area contributed by atoms with E-state index < -0.39 is 12.1 Å². The molecule has 0 aliphatic heterocycles. The van der Waals surface area contributed by atoms with E-state index in [0.717, 1.165) is 16.3 Å². The molecule has 3 N–H and O–H groups in total. The number of benzene rings is 2. The summed E-state index contributed by atoms with van der Waals surface area (Å²) in [6.45, 7) is 0.122. The highest BCUT2D eigenvalue weighted by atomic mass is 16.3. The molecule has 0 radical (unpaired) electrons. The third kappa shape index (κ3) is 3.67. The monoisotopic (exact) mass is 310 g/mol. The molecule has 3 aromatic rings. The average Bonchev–Trinajstić information content (AvgIpc) is 2.97. The van der Waals surface area contributed by atoms with Gasteiger partial charge in [-0.05, 0) is 22.4 Å². The smallest absolute Gasteiger partial charge is 0.320 e. The number of amides is 2. The third-order valence-electron chi connectivity index (χ3n) is 3.57. The maximum atomic E-state index is 11.8. The van der Waals surface area contributed by atoms with Crippen molar-refractivity contribution < 1.29 is 9.90 Å². The zero-order chi connectivity index (χ0) is 16.2. The summed E-state index contributed by atoms with van der Waals surface area (Å²) < 4.78 is 1.60. The van der Waals surface area contributed by atoms with Gasteiger partial charge in [-0.1, -0.05) is 36.4 Å². The van der Waals surface area contributed by atoms with Crippen molar-refractivity contribution in [2.75, 3.05) is 11.9 Å². The summed E-state index contributed by atoms with van der Waals surface area (Å²) in [6, 6.07) is 15.0. The van der Waals surface area contributed by atoms with E-state index in [-0.39, 0.29) is 6.54 Å². The Bertz CT molecular complexity index is 828. The molecule has 0 saturated carbocycles. The number of urea groups is 1. The van der Waals surface area contributed by atoms with Gasteiger partial charge in [-0.25, -0.2) is 4.79 Å². The second-order valence-electron chi connectivity index (χ2n) is 5.33. The van der Waals surface area contributed by atoms with E-state index in [1.807, 2.05) is 42.5 Å². The molecule has 6 heteroatoms. The molecule has 1 aromatic heterocycles. The normalized spacial score (nSPS) is 12.1. The lowest BCUT2D eigenvalue weighted by atomic mass is 10.0. The zero-order valence-corrected chi connectivity index (χ0v) is 12.7. The molecule has 0 aliphatic carbocycles. The lowest BCUT2D eigenvalue weighted by Crippen LogP contribution is -2.32. The van der Waals surface area contributed by atoms with E-state index >= 15 is 0 Å². The molecule has 1 unspecified atom stereocenters. The number of aryl methyl sites for hydroxylation is 1. The first-order chi connectivity index (χ1) is 11.1. The average molecular weight is 310 g/mol. The first kappa shape index (κ1) is 15.1. The van der Waals surface area contributed by atoms with Crippen molar-refractivity contribution in [1.29, 1.82) is 0 Å². The van der Waals surface area contributed by atoms with Crippen LogP contribution in [0.25, 0.3) is 10.8 Å². The fourth-order valence-electron chi connectivity index (χ4n) is 2.36. The predicted octanol–water partition coefficient (Wildman–Crippen LogP) is 2.43. The van der Waals surface area contributed by atoms with Crippen molar-refractivity contribution in [3.8, 4) is 0 Å². The molecule has 2 aromatic carbocycles. The number of hydrogen-bond donors (Lipinski definition) is 3. The standard InChI is InChI=1S/C17H18N4O2/c1-21-9-8-16(20-21)19-17(23)18-11-15(22)14-7-6-12-4-2-3-5-13(12)10-14/h2-10,15,22H,11H2,1H3,(H2,18,19,20,23). The summed E-state index contributed by atoms with van der Waals surface area (Å²) in [7, 11) is 1.77. The predicted molar refractivity (Wildman–Crippen MR) is 89.1 cm³/mol. The highest BCUT2D eigenvalue weighted by molar-refractivity contribution is 5.88. The molecule has 118 valence electrons. The second-order valence-corrected chi connectivity index (χ2v) is 5.33. The van der Waals surface area contributed by atoms with Crippen LogP contribution >= 0.6 is 0 Å². The molecule has 6 nitrogen and oxygen atoms in total. The van der Waals surface area contributed by atoms with Gasteiger partial charge in [0, 0.05) is 25.9 Å². The van der Waals surface area contributed by atoms with Gasteiger partial charge >= 0.3 is 6.03 Å². The van der Waals surface area contributed by atoms with Gasteiger partial charge in [0.05, 0.1) is 6.10 Å². The highest BCUT2D eigenvalue weighted by Crippen LogP contribution is 2.20. The number of hydrogen-bond acceptors (Lipinski definition) is 3. The van der Waals surface area contributed by atoms with E-state index in [4.69, 9.17) is 0 Å². The van der Waals surface area contributed by atoms with Gasteiger partial charge in [0.25, 0.3) is 0 Å². The van der Waals surface area contributed by atoms with Crippen molar-refractivity contribution in [3.05, 3.63) is 60.3 Å². The van der Waals surface area contributed by atoms with Crippen molar-refractivity contribution in [2.45, 2.75) is 6.10 Å². The van der Waals surface area contributed by atoms with Gasteiger partial charge in [0.2, 0.25) is 0 Å². The quantitative estimate of drug-likeness (QED) is 0.692. The van der Waals surface area contributed by atoms with E-state index in [1.54, 1.807) is 24.0 Å². The van der Waals surface area contributed by atoms with Crippen molar-refractivity contribution in [1.82, 2.24) is 15.1 Å². The summed E-state index contributed by atoms with van der Waals surface area (Å²) >= 11 is 0. The second kappa shape index (κ2) is 6.50. The Morgan fingerprint density at radius 2 is 2.00 bits per heavy atom. The Hall–Kier alpha value is -2.86. The molecule has 2 amide bonds. The molecular weight excluding hydrogens is 292 g/mol. The fourth-order valence-corrected chi connectivity index (χ4v) is 2.36. The minimum Gasteiger partial charge on any atom is -0.387 e. The van der Waals surface area contributed by atoms with Crippen LogP contribution in [-0.4, -0.2) is 27.5 Å². The van der Waals surface area contributed by atoms with Gasteiger partial charge in [0.1, 0.15) is 0 Å². The Kier molecular flexibility index (Phi) is 4.25. The molecule has 0 fully saturated rings. The van der Waals surface area contributed by atoms with Crippen LogP contribution in [0, 0.1) is 0 Å². The summed E-state index contributed by atoms with van der Waals surface area (Å²) in [5.74, 6) is 0.463. The molecule has 0 aliphatic rings. The van der Waals surface area contributed by atoms with Crippen molar-refractivity contribution in [2.24, 2.45) is 7.05 Å². The Morgan fingerprint density at radius 3 is 2.74 bits per heavy atom. The number of nitrogens with zero attached hydrogens (tertiary/aromatic N) is 2. The molecule has 1 atom stereocenters. The Balaban J connectivity index is 1.59. The number of aliphatic hydroxyl groups excluding tert-OH is 1. The lowest BCUT2D eigenvalue weighted by Gasteiger charge is -2.13. The minimum atomic E-state index is -0.769. The van der Waals surface area contributed by atoms with Crippen LogP contribution in [0.1, 0.15) is 11.7 Å². The maximum absolute atomic E-state index is 11.8. The zero-order valence-electron chi connectivity index (χ0n) is 12.7. The number of nitrogens with one attached hydrogen (secondary N) is 2. The van der Waals surface area contributed by atoms with Gasteiger partial charge < -0.3 is 10.4 Å². The van der Waals surface area contributed by atoms with Gasteiger partial charge in [0.15, 0.2) is 5.82 Å². The lowest BCUT2D eigenvalue weighted by molar-refractivity contribution is 0.175. The molecule has 0 saturated heterocycles. The van der Waals surface area contributed by atoms with E-state index in [0.29, 0.717) is 5.82 Å². The molecule has 3 rings (SSSR count). The molecular formula is C17H18N4O2. The van der Waals surface area contributed by atoms with Gasteiger partial charge in [-0.2, -0.15) is 5.10 Å². The van der Waals surface area contributed by atoms with Crippen LogP contribution < -0.4 is 10.6 Å². The minimum absolute atomic E-state index is 0.122. The van der Waals surface area contributed by atoms with E-state index in [1.165, 1.54) is 0 Å². The van der Waals surface area contributed by atoms with E-state index in [2.05, 4.69) is 15.7 Å². The van der Waals surface area contributed by atoms with Crippen LogP contribution in [0.2, 0.25) is 0 Å².